The molecule has 1 rings (SSSR count). The summed E-state index contributed by atoms with van der Waals surface area (Å²) in [5.74, 6) is -0.595. The molecule has 0 spiro atoms. The van der Waals surface area contributed by atoms with Crippen LogP contribution in [0.5, 0.6) is 0 Å². The van der Waals surface area contributed by atoms with Gasteiger partial charge in [0, 0.05) is 12.4 Å². The van der Waals surface area contributed by atoms with E-state index < -0.39 is 11.9 Å². The van der Waals surface area contributed by atoms with E-state index in [9.17, 15) is 14.4 Å². The van der Waals surface area contributed by atoms with Gasteiger partial charge in [0.25, 0.3) is 0 Å². The summed E-state index contributed by atoms with van der Waals surface area (Å²) in [5, 5.41) is 1.89. The third kappa shape index (κ3) is 3.09. The van der Waals surface area contributed by atoms with E-state index in [1.54, 1.807) is 0 Å². The maximum Gasteiger partial charge on any atom is 0.318 e. The monoisotopic (exact) mass is 288 g/mol. The van der Waals surface area contributed by atoms with Crippen molar-refractivity contribution in [2.45, 2.75) is 6.54 Å². The Labute approximate surface area is 98.5 Å². The Bertz CT molecular complexity index is 470. The lowest BCUT2D eigenvalue weighted by Crippen LogP contribution is -2.37. The number of anilines is 1. The molecule has 0 radical (unpaired) electrons. The number of primary amides is 1. The molecule has 1 heterocycles. The normalized spacial score (nSPS) is 9.81. The maximum absolute atomic E-state index is 11.2. The molecule has 0 aliphatic rings. The predicted octanol–water partition coefficient (Wildman–Crippen LogP) is -0.612. The zero-order valence-electron chi connectivity index (χ0n) is 8.07. The Balaban J connectivity index is 2.87. The van der Waals surface area contributed by atoms with Gasteiger partial charge in [0.2, 0.25) is 11.3 Å². The number of nitrogens with zero attached hydrogens (tertiary/aromatic N) is 1. The highest BCUT2D eigenvalue weighted by Crippen LogP contribution is 2.05. The highest BCUT2D eigenvalue weighted by Gasteiger charge is 2.07. The Morgan fingerprint density at radius 2 is 2.06 bits per heavy atom. The van der Waals surface area contributed by atoms with Crippen molar-refractivity contribution in [2.75, 3.05) is 5.73 Å². The molecule has 0 saturated heterocycles. The average Bonchev–Trinajstić information content (AvgIpc) is 2.12. The Hall–Kier alpha value is -1.83. The second-order valence-electron chi connectivity index (χ2n) is 2.98. The van der Waals surface area contributed by atoms with Crippen molar-refractivity contribution < 1.29 is 9.59 Å². The van der Waals surface area contributed by atoms with Crippen LogP contribution in [0.3, 0.4) is 0 Å². The first-order valence-corrected chi connectivity index (χ1v) is 4.94. The van der Waals surface area contributed by atoms with Gasteiger partial charge < -0.3 is 16.0 Å². The van der Waals surface area contributed by atoms with E-state index >= 15 is 0 Å². The SMILES string of the molecule is NC(=O)NC(=O)Cn1cc(N)c(=O)c(Br)c1. The van der Waals surface area contributed by atoms with Crippen molar-refractivity contribution in [3.8, 4) is 0 Å². The number of halogens is 1. The van der Waals surface area contributed by atoms with Crippen LogP contribution in [0, 0.1) is 0 Å². The summed E-state index contributed by atoms with van der Waals surface area (Å²) in [6, 6.07) is -0.932. The first-order chi connectivity index (χ1) is 7.40. The van der Waals surface area contributed by atoms with Gasteiger partial charge in [-0.05, 0) is 15.9 Å². The fourth-order valence-corrected chi connectivity index (χ4v) is 1.54. The largest absolute Gasteiger partial charge is 0.394 e. The number of carbonyl (C=O) groups excluding carboxylic acids is 2. The molecule has 0 aliphatic heterocycles. The van der Waals surface area contributed by atoms with E-state index in [4.69, 9.17) is 11.5 Å². The highest BCUT2D eigenvalue weighted by atomic mass is 79.9. The van der Waals surface area contributed by atoms with E-state index in [-0.39, 0.29) is 22.1 Å². The number of hydrogen-bond acceptors (Lipinski definition) is 4. The minimum atomic E-state index is -0.932. The predicted molar refractivity (Wildman–Crippen MR) is 60.5 cm³/mol. The highest BCUT2D eigenvalue weighted by molar-refractivity contribution is 9.10. The minimum Gasteiger partial charge on any atom is -0.394 e. The van der Waals surface area contributed by atoms with Crippen molar-refractivity contribution in [2.24, 2.45) is 5.73 Å². The number of urea groups is 1. The van der Waals surface area contributed by atoms with Gasteiger partial charge in [-0.2, -0.15) is 0 Å². The molecule has 5 N–H and O–H groups in total. The van der Waals surface area contributed by atoms with Gasteiger partial charge in [-0.25, -0.2) is 4.79 Å². The van der Waals surface area contributed by atoms with Crippen molar-refractivity contribution >= 4 is 33.6 Å². The van der Waals surface area contributed by atoms with Crippen molar-refractivity contribution in [1.29, 1.82) is 0 Å². The quantitative estimate of drug-likeness (QED) is 0.672. The third-order valence-electron chi connectivity index (χ3n) is 1.65. The number of aromatic nitrogens is 1. The van der Waals surface area contributed by atoms with Crippen LogP contribution in [0.2, 0.25) is 0 Å². The van der Waals surface area contributed by atoms with Crippen LogP contribution in [-0.4, -0.2) is 16.5 Å². The molecule has 8 heteroatoms. The fourth-order valence-electron chi connectivity index (χ4n) is 1.05. The van der Waals surface area contributed by atoms with Crippen LogP contribution >= 0.6 is 15.9 Å². The molecular weight excluding hydrogens is 280 g/mol. The van der Waals surface area contributed by atoms with Gasteiger partial charge in [-0.3, -0.25) is 14.9 Å². The van der Waals surface area contributed by atoms with Crippen molar-refractivity contribution in [1.82, 2.24) is 9.88 Å². The number of nitrogen functional groups attached to an aromatic ring is 1. The zero-order valence-corrected chi connectivity index (χ0v) is 9.65. The zero-order chi connectivity index (χ0) is 12.3. The number of nitrogens with two attached hydrogens (primary N) is 2. The molecule has 0 fully saturated rings. The standard InChI is InChI=1S/C8H9BrN4O3/c9-4-1-13(2-5(10)7(4)15)3-6(14)12-8(11)16/h1-2H,3,10H2,(H3,11,12,14,16). The molecule has 0 bridgehead atoms. The third-order valence-corrected chi connectivity index (χ3v) is 2.22. The number of nitrogens with one attached hydrogen (secondary N) is 1. The number of hydrogen-bond donors (Lipinski definition) is 3. The average molecular weight is 289 g/mol. The topological polar surface area (TPSA) is 120 Å². The van der Waals surface area contributed by atoms with Crippen LogP contribution < -0.4 is 22.2 Å². The summed E-state index contributed by atoms with van der Waals surface area (Å²) in [6.07, 6.45) is 2.69. The van der Waals surface area contributed by atoms with Gasteiger partial charge in [0.15, 0.2) is 0 Å². The minimum absolute atomic E-state index is 0.00116. The van der Waals surface area contributed by atoms with Crippen LogP contribution in [0.25, 0.3) is 0 Å². The number of rotatable bonds is 2. The van der Waals surface area contributed by atoms with E-state index in [1.807, 2.05) is 5.32 Å². The van der Waals surface area contributed by atoms with E-state index in [0.717, 1.165) is 0 Å². The van der Waals surface area contributed by atoms with Crippen molar-refractivity contribution in [3.63, 3.8) is 0 Å². The van der Waals surface area contributed by atoms with E-state index in [2.05, 4.69) is 15.9 Å². The lowest BCUT2D eigenvalue weighted by atomic mass is 10.4. The second-order valence-corrected chi connectivity index (χ2v) is 3.83. The Morgan fingerprint density at radius 1 is 1.44 bits per heavy atom. The molecule has 0 aromatic carbocycles. The summed E-state index contributed by atoms with van der Waals surface area (Å²) >= 11 is 3.00. The van der Waals surface area contributed by atoms with Crippen LogP contribution in [0.15, 0.2) is 21.7 Å². The van der Waals surface area contributed by atoms with Gasteiger partial charge >= 0.3 is 6.03 Å². The molecule has 3 amide bonds. The summed E-state index contributed by atoms with van der Waals surface area (Å²) in [5.41, 5.74) is 9.82. The van der Waals surface area contributed by atoms with Gasteiger partial charge in [0.05, 0.1) is 10.2 Å². The summed E-state index contributed by atoms with van der Waals surface area (Å²) in [7, 11) is 0. The molecule has 7 nitrogen and oxygen atoms in total. The number of amides is 3. The molecule has 0 saturated carbocycles. The summed E-state index contributed by atoms with van der Waals surface area (Å²) in [6.45, 7) is -0.161. The maximum atomic E-state index is 11.2. The molecule has 0 unspecified atom stereocenters. The first kappa shape index (κ1) is 12.2. The second kappa shape index (κ2) is 4.79. The lowest BCUT2D eigenvalue weighted by Gasteiger charge is -2.07. The van der Waals surface area contributed by atoms with Crippen LogP contribution in [0.1, 0.15) is 0 Å². The molecule has 0 atom stereocenters. The van der Waals surface area contributed by atoms with Crippen LogP contribution in [-0.2, 0) is 11.3 Å². The Morgan fingerprint density at radius 3 is 2.56 bits per heavy atom. The smallest absolute Gasteiger partial charge is 0.318 e. The lowest BCUT2D eigenvalue weighted by molar-refractivity contribution is -0.120. The van der Waals surface area contributed by atoms with E-state index in [1.165, 1.54) is 17.0 Å². The number of pyridine rings is 1. The molecule has 1 aromatic heterocycles. The molecule has 86 valence electrons. The van der Waals surface area contributed by atoms with Crippen LogP contribution in [0.4, 0.5) is 10.5 Å². The molecule has 1 aromatic rings. The van der Waals surface area contributed by atoms with Gasteiger partial charge in [-0.15, -0.1) is 0 Å². The summed E-state index contributed by atoms with van der Waals surface area (Å²) in [4.78, 5) is 32.8. The number of carbonyl (C=O) groups is 2. The molecular formula is C8H9BrN4O3. The van der Waals surface area contributed by atoms with Gasteiger partial charge in [0.1, 0.15) is 6.54 Å². The fraction of sp³-hybridized carbons (Fsp3) is 0.125. The Kier molecular flexibility index (Phi) is 3.67. The summed E-state index contributed by atoms with van der Waals surface area (Å²) < 4.78 is 1.60. The van der Waals surface area contributed by atoms with E-state index in [0.29, 0.717) is 0 Å². The number of imide groups is 1. The molecule has 0 aliphatic carbocycles. The van der Waals surface area contributed by atoms with Crippen molar-refractivity contribution in [3.05, 3.63) is 27.1 Å². The van der Waals surface area contributed by atoms with Gasteiger partial charge in [-0.1, -0.05) is 0 Å². The molecule has 16 heavy (non-hydrogen) atoms. The first-order valence-electron chi connectivity index (χ1n) is 4.14.